The average Bonchev–Trinajstić information content (AvgIpc) is 3.48. The van der Waals surface area contributed by atoms with E-state index in [1.54, 1.807) is 12.1 Å². The standard InChI is InChI=1S/C25H15F2N5OS2/c26-16-10-11-20(18(27)12-16)32-23(15-6-2-1-3-7-15)30-31-25(32)34-14-21(33)17(13-28)24-29-19-8-4-5-9-22(19)35-24/h1-12,33H,14H2/b21-17-. The fraction of sp³-hybridized carbons (Fsp3) is 0.0400. The molecular formula is C25H15F2N5OS2. The number of thioether (sulfide) groups is 1. The van der Waals surface area contributed by atoms with Gasteiger partial charge in [-0.15, -0.1) is 21.5 Å². The maximum absolute atomic E-state index is 14.8. The average molecular weight is 504 g/mol. The van der Waals surface area contributed by atoms with Gasteiger partial charge in [0.05, 0.1) is 21.7 Å². The van der Waals surface area contributed by atoms with E-state index in [0.717, 1.165) is 34.1 Å². The molecule has 35 heavy (non-hydrogen) atoms. The number of nitriles is 1. The third kappa shape index (κ3) is 4.51. The number of halogens is 2. The van der Waals surface area contributed by atoms with Gasteiger partial charge in [-0.1, -0.05) is 54.2 Å². The highest BCUT2D eigenvalue weighted by Gasteiger charge is 2.21. The molecule has 0 atom stereocenters. The molecule has 0 spiro atoms. The highest BCUT2D eigenvalue weighted by Crippen LogP contribution is 2.32. The molecule has 10 heteroatoms. The number of rotatable bonds is 6. The van der Waals surface area contributed by atoms with E-state index in [1.165, 1.54) is 22.0 Å². The third-order valence-corrected chi connectivity index (χ3v) is 7.06. The Morgan fingerprint density at radius 1 is 1.03 bits per heavy atom. The lowest BCUT2D eigenvalue weighted by Crippen LogP contribution is -2.04. The molecule has 5 rings (SSSR count). The number of allylic oxidation sites excluding steroid dienone is 1. The van der Waals surface area contributed by atoms with E-state index in [2.05, 4.69) is 15.2 Å². The van der Waals surface area contributed by atoms with Crippen molar-refractivity contribution in [1.82, 2.24) is 19.7 Å². The first-order valence-electron chi connectivity index (χ1n) is 10.3. The van der Waals surface area contributed by atoms with Gasteiger partial charge in [0.25, 0.3) is 0 Å². The molecule has 5 aromatic rings. The van der Waals surface area contributed by atoms with Crippen LogP contribution in [0, 0.1) is 23.0 Å². The second kappa shape index (κ2) is 9.66. The Labute approximate surface area is 206 Å². The van der Waals surface area contributed by atoms with Crippen LogP contribution in [0.15, 0.2) is 83.7 Å². The fourth-order valence-electron chi connectivity index (χ4n) is 3.44. The smallest absolute Gasteiger partial charge is 0.196 e. The molecule has 6 nitrogen and oxygen atoms in total. The molecule has 0 saturated heterocycles. The molecule has 2 heterocycles. The normalized spacial score (nSPS) is 11.9. The molecule has 0 radical (unpaired) electrons. The number of hydrogen-bond donors (Lipinski definition) is 1. The Morgan fingerprint density at radius 2 is 1.80 bits per heavy atom. The molecule has 172 valence electrons. The summed E-state index contributed by atoms with van der Waals surface area (Å²) < 4.78 is 30.7. The lowest BCUT2D eigenvalue weighted by Gasteiger charge is -2.11. The van der Waals surface area contributed by atoms with Crippen LogP contribution in [0.1, 0.15) is 5.01 Å². The van der Waals surface area contributed by atoms with Gasteiger partial charge in [-0.25, -0.2) is 13.8 Å². The van der Waals surface area contributed by atoms with Crippen molar-refractivity contribution in [3.63, 3.8) is 0 Å². The second-order valence-corrected chi connectivity index (χ2v) is 9.29. The Bertz CT molecular complexity index is 1570. The quantitative estimate of drug-likeness (QED) is 0.164. The summed E-state index contributed by atoms with van der Waals surface area (Å²) in [7, 11) is 0. The van der Waals surface area contributed by atoms with Crippen LogP contribution >= 0.6 is 23.1 Å². The molecular weight excluding hydrogens is 488 g/mol. The van der Waals surface area contributed by atoms with Crippen molar-refractivity contribution >= 4 is 38.9 Å². The minimum absolute atomic E-state index is 0.0332. The number of benzene rings is 3. The molecule has 0 saturated carbocycles. The molecule has 0 unspecified atom stereocenters. The minimum Gasteiger partial charge on any atom is -0.510 e. The maximum Gasteiger partial charge on any atom is 0.196 e. The molecule has 1 N–H and O–H groups in total. The summed E-state index contributed by atoms with van der Waals surface area (Å²) in [5.74, 6) is -1.35. The predicted octanol–water partition coefficient (Wildman–Crippen LogP) is 6.41. The number of hydrogen-bond acceptors (Lipinski definition) is 7. The van der Waals surface area contributed by atoms with Crippen molar-refractivity contribution in [2.45, 2.75) is 5.16 Å². The van der Waals surface area contributed by atoms with Crippen LogP contribution in [0.25, 0.3) is 32.9 Å². The number of fused-ring (bicyclic) bond motifs is 1. The van der Waals surface area contributed by atoms with Crippen LogP contribution in [0.5, 0.6) is 0 Å². The van der Waals surface area contributed by atoms with Crippen molar-refractivity contribution in [1.29, 1.82) is 5.26 Å². The Hall–Kier alpha value is -4.07. The first-order valence-corrected chi connectivity index (χ1v) is 12.1. The SMILES string of the molecule is N#C/C(=C(/O)CSc1nnc(-c2ccccc2)n1-c1ccc(F)cc1F)c1nc2ccccc2s1. The van der Waals surface area contributed by atoms with Gasteiger partial charge in [-0.3, -0.25) is 4.57 Å². The molecule has 0 fully saturated rings. The topological polar surface area (TPSA) is 87.6 Å². The van der Waals surface area contributed by atoms with E-state index >= 15 is 0 Å². The van der Waals surface area contributed by atoms with Gasteiger partial charge in [-0.2, -0.15) is 5.26 Å². The van der Waals surface area contributed by atoms with Crippen molar-refractivity contribution < 1.29 is 13.9 Å². The zero-order chi connectivity index (χ0) is 24.4. The van der Waals surface area contributed by atoms with Crippen LogP contribution in [-0.4, -0.2) is 30.6 Å². The molecule has 0 aliphatic heterocycles. The highest BCUT2D eigenvalue weighted by molar-refractivity contribution is 7.99. The highest BCUT2D eigenvalue weighted by atomic mass is 32.2. The van der Waals surface area contributed by atoms with Crippen molar-refractivity contribution in [2.24, 2.45) is 0 Å². The number of aromatic nitrogens is 4. The fourth-order valence-corrected chi connectivity index (χ4v) is 5.24. The zero-order valence-electron chi connectivity index (χ0n) is 17.9. The van der Waals surface area contributed by atoms with Crippen molar-refractivity contribution in [3.05, 3.63) is 95.2 Å². The molecule has 0 aliphatic carbocycles. The molecule has 0 bridgehead atoms. The monoisotopic (exact) mass is 503 g/mol. The predicted molar refractivity (Wildman–Crippen MR) is 132 cm³/mol. The zero-order valence-corrected chi connectivity index (χ0v) is 19.5. The number of nitrogens with zero attached hydrogens (tertiary/aromatic N) is 5. The van der Waals surface area contributed by atoms with Gasteiger partial charge < -0.3 is 5.11 Å². The lowest BCUT2D eigenvalue weighted by atomic mass is 10.2. The molecule has 2 aromatic heterocycles. The van der Waals surface area contributed by atoms with E-state index in [9.17, 15) is 19.1 Å². The number of thiazole rings is 1. The maximum atomic E-state index is 14.8. The van der Waals surface area contributed by atoms with Crippen LogP contribution in [0.4, 0.5) is 8.78 Å². The van der Waals surface area contributed by atoms with E-state index in [-0.39, 0.29) is 27.9 Å². The summed E-state index contributed by atoms with van der Waals surface area (Å²) >= 11 is 2.38. The number of aliphatic hydroxyl groups excluding tert-OH is 1. The first-order chi connectivity index (χ1) is 17.0. The summed E-state index contributed by atoms with van der Waals surface area (Å²) in [4.78, 5) is 4.44. The van der Waals surface area contributed by atoms with Crippen LogP contribution < -0.4 is 0 Å². The molecule has 0 aliphatic rings. The van der Waals surface area contributed by atoms with Gasteiger partial charge >= 0.3 is 0 Å². The van der Waals surface area contributed by atoms with Crippen LogP contribution in [0.2, 0.25) is 0 Å². The van der Waals surface area contributed by atoms with Gasteiger partial charge in [0, 0.05) is 11.6 Å². The number of para-hydroxylation sites is 1. The van der Waals surface area contributed by atoms with E-state index < -0.39 is 11.6 Å². The summed E-state index contributed by atoms with van der Waals surface area (Å²) in [6.45, 7) is 0. The van der Waals surface area contributed by atoms with Crippen molar-refractivity contribution in [2.75, 3.05) is 5.75 Å². The van der Waals surface area contributed by atoms with Gasteiger partial charge in [0.1, 0.15) is 34.0 Å². The summed E-state index contributed by atoms with van der Waals surface area (Å²) in [5, 5.41) is 29.5. The summed E-state index contributed by atoms with van der Waals surface area (Å²) in [5.41, 5.74) is 1.54. The lowest BCUT2D eigenvalue weighted by molar-refractivity contribution is 0.420. The summed E-state index contributed by atoms with van der Waals surface area (Å²) in [6.07, 6.45) is 0. The third-order valence-electron chi connectivity index (χ3n) is 5.06. The largest absolute Gasteiger partial charge is 0.510 e. The second-order valence-electron chi connectivity index (χ2n) is 7.31. The summed E-state index contributed by atoms with van der Waals surface area (Å²) in [6, 6.07) is 21.8. The molecule has 0 amide bonds. The van der Waals surface area contributed by atoms with Gasteiger partial charge in [0.2, 0.25) is 0 Å². The Morgan fingerprint density at radius 3 is 2.54 bits per heavy atom. The Kier molecular flexibility index (Phi) is 6.27. The minimum atomic E-state index is -0.782. The van der Waals surface area contributed by atoms with Crippen LogP contribution in [0.3, 0.4) is 0 Å². The van der Waals surface area contributed by atoms with E-state index in [0.29, 0.717) is 16.4 Å². The molecule has 3 aromatic carbocycles. The van der Waals surface area contributed by atoms with Crippen molar-refractivity contribution in [3.8, 4) is 23.1 Å². The van der Waals surface area contributed by atoms with E-state index in [1.807, 2.05) is 48.5 Å². The van der Waals surface area contributed by atoms with Crippen LogP contribution in [-0.2, 0) is 0 Å². The Balaban J connectivity index is 1.52. The van der Waals surface area contributed by atoms with Gasteiger partial charge in [-0.05, 0) is 24.3 Å². The first kappa shape index (κ1) is 22.7. The number of aliphatic hydroxyl groups is 1. The van der Waals surface area contributed by atoms with Gasteiger partial charge in [0.15, 0.2) is 11.0 Å². The van der Waals surface area contributed by atoms with E-state index in [4.69, 9.17) is 0 Å².